The maximum atomic E-state index is 12.4. The summed E-state index contributed by atoms with van der Waals surface area (Å²) in [5.41, 5.74) is 1.62. The van der Waals surface area contributed by atoms with Gasteiger partial charge in [0.1, 0.15) is 0 Å². The molecule has 1 heterocycles. The molecule has 0 saturated carbocycles. The van der Waals surface area contributed by atoms with Gasteiger partial charge in [-0.05, 0) is 30.2 Å². The van der Waals surface area contributed by atoms with Crippen LogP contribution in [0.1, 0.15) is 18.9 Å². The molecule has 0 saturated heterocycles. The van der Waals surface area contributed by atoms with Gasteiger partial charge in [-0.25, -0.2) is 8.42 Å². The second-order valence-electron chi connectivity index (χ2n) is 6.39. The van der Waals surface area contributed by atoms with Crippen molar-refractivity contribution in [3.05, 3.63) is 53.2 Å². The molecule has 1 amide bonds. The van der Waals surface area contributed by atoms with Crippen LogP contribution >= 0.6 is 11.6 Å². The molecule has 0 fully saturated rings. The summed E-state index contributed by atoms with van der Waals surface area (Å²) in [6, 6.07) is 10.3. The van der Waals surface area contributed by atoms with Crippen LogP contribution < -0.4 is 5.32 Å². The van der Waals surface area contributed by atoms with Crippen molar-refractivity contribution >= 4 is 43.9 Å². The van der Waals surface area contributed by atoms with Crippen molar-refractivity contribution in [1.82, 2.24) is 9.78 Å². The van der Waals surface area contributed by atoms with Gasteiger partial charge in [0.05, 0.1) is 16.8 Å². The Bertz CT molecular complexity index is 1110. The van der Waals surface area contributed by atoms with E-state index in [1.165, 1.54) is 6.07 Å². The molecule has 0 unspecified atom stereocenters. The molecular weight excluding hydrogens is 386 g/mol. The number of carbonyl (C=O) groups is 1. The van der Waals surface area contributed by atoms with Gasteiger partial charge in [0.15, 0.2) is 9.84 Å². The molecule has 0 aliphatic heterocycles. The first-order valence-electron chi connectivity index (χ1n) is 8.52. The molecule has 3 rings (SSSR count). The molecule has 1 N–H and O–H groups in total. The van der Waals surface area contributed by atoms with E-state index < -0.39 is 9.84 Å². The molecule has 0 aliphatic rings. The molecule has 0 spiro atoms. The average molecular weight is 406 g/mol. The predicted octanol–water partition coefficient (Wildman–Crippen LogP) is 3.68. The largest absolute Gasteiger partial charge is 0.326 e. The highest BCUT2D eigenvalue weighted by Crippen LogP contribution is 2.27. The fraction of sp³-hybridized carbons (Fsp3) is 0.263. The smallest absolute Gasteiger partial charge is 0.228 e. The summed E-state index contributed by atoms with van der Waals surface area (Å²) >= 11 is 6.09. The van der Waals surface area contributed by atoms with E-state index in [2.05, 4.69) is 10.4 Å². The van der Waals surface area contributed by atoms with E-state index in [0.717, 1.165) is 12.7 Å². The van der Waals surface area contributed by atoms with Crippen LogP contribution in [0.5, 0.6) is 0 Å². The van der Waals surface area contributed by atoms with Crippen molar-refractivity contribution in [2.24, 2.45) is 0 Å². The highest BCUT2D eigenvalue weighted by atomic mass is 35.5. The van der Waals surface area contributed by atoms with Gasteiger partial charge in [0, 0.05) is 35.1 Å². The van der Waals surface area contributed by atoms with Crippen molar-refractivity contribution in [3.8, 4) is 0 Å². The minimum absolute atomic E-state index is 0.0934. The lowest BCUT2D eigenvalue weighted by Crippen LogP contribution is -2.15. The summed E-state index contributed by atoms with van der Waals surface area (Å²) in [5, 5.41) is 8.24. The van der Waals surface area contributed by atoms with Crippen LogP contribution in [0.2, 0.25) is 5.02 Å². The van der Waals surface area contributed by atoms with E-state index in [1.54, 1.807) is 35.1 Å². The zero-order valence-electron chi connectivity index (χ0n) is 15.1. The first-order valence-corrected chi connectivity index (χ1v) is 10.8. The Hall–Kier alpha value is -2.38. The number of benzene rings is 2. The van der Waals surface area contributed by atoms with E-state index in [1.807, 2.05) is 13.0 Å². The highest BCUT2D eigenvalue weighted by Gasteiger charge is 2.17. The molecule has 0 radical (unpaired) electrons. The number of hydrogen-bond donors (Lipinski definition) is 1. The number of rotatable bonds is 6. The number of nitrogens with one attached hydrogen (secondary N) is 1. The average Bonchev–Trinajstić information content (AvgIpc) is 2.98. The molecular formula is C19H20ClN3O3S. The summed E-state index contributed by atoms with van der Waals surface area (Å²) in [6.45, 7) is 2.70. The zero-order chi connectivity index (χ0) is 19.6. The number of halogens is 1. The van der Waals surface area contributed by atoms with Gasteiger partial charge in [-0.15, -0.1) is 0 Å². The zero-order valence-corrected chi connectivity index (χ0v) is 16.6. The van der Waals surface area contributed by atoms with Gasteiger partial charge in [-0.1, -0.05) is 36.7 Å². The molecule has 6 nitrogen and oxygen atoms in total. The van der Waals surface area contributed by atoms with E-state index >= 15 is 0 Å². The van der Waals surface area contributed by atoms with Crippen LogP contribution in [0.4, 0.5) is 5.69 Å². The Morgan fingerprint density at radius 2 is 2.00 bits per heavy atom. The summed E-state index contributed by atoms with van der Waals surface area (Å²) < 4.78 is 26.2. The summed E-state index contributed by atoms with van der Waals surface area (Å²) in [4.78, 5) is 12.5. The lowest BCUT2D eigenvalue weighted by atomic mass is 10.1. The van der Waals surface area contributed by atoms with Crippen molar-refractivity contribution in [2.75, 3.05) is 11.6 Å². The number of anilines is 1. The summed E-state index contributed by atoms with van der Waals surface area (Å²) in [6.07, 6.45) is 3.85. The number of hydrogen-bond acceptors (Lipinski definition) is 4. The number of nitrogens with zero attached hydrogens (tertiary/aromatic N) is 2. The molecule has 2 aromatic carbocycles. The first kappa shape index (κ1) is 19.4. The second kappa shape index (κ2) is 7.70. The quantitative estimate of drug-likeness (QED) is 0.678. The molecule has 0 atom stereocenters. The number of sulfone groups is 1. The van der Waals surface area contributed by atoms with Crippen LogP contribution in [-0.2, 0) is 27.6 Å². The molecule has 0 bridgehead atoms. The number of fused-ring (bicyclic) bond motifs is 1. The van der Waals surface area contributed by atoms with E-state index in [9.17, 15) is 13.2 Å². The summed E-state index contributed by atoms with van der Waals surface area (Å²) in [5.74, 6) is -0.283. The topological polar surface area (TPSA) is 81.1 Å². The Morgan fingerprint density at radius 3 is 2.67 bits per heavy atom. The third-order valence-electron chi connectivity index (χ3n) is 4.08. The molecule has 0 aliphatic carbocycles. The first-order chi connectivity index (χ1) is 12.8. The Balaban J connectivity index is 1.94. The van der Waals surface area contributed by atoms with Crippen molar-refractivity contribution < 1.29 is 13.2 Å². The minimum Gasteiger partial charge on any atom is -0.326 e. The third kappa shape index (κ3) is 4.48. The highest BCUT2D eigenvalue weighted by molar-refractivity contribution is 7.91. The Labute approximate surface area is 163 Å². The van der Waals surface area contributed by atoms with Gasteiger partial charge >= 0.3 is 0 Å². The molecule has 8 heteroatoms. The van der Waals surface area contributed by atoms with E-state index in [-0.39, 0.29) is 17.2 Å². The van der Waals surface area contributed by atoms with E-state index in [0.29, 0.717) is 33.7 Å². The van der Waals surface area contributed by atoms with Crippen LogP contribution in [0.25, 0.3) is 10.9 Å². The maximum Gasteiger partial charge on any atom is 0.228 e. The Kier molecular flexibility index (Phi) is 5.53. The number of amides is 1. The standard InChI is InChI=1S/C19H20ClN3O3S/c1-3-8-23-12-15-17(22-23)10-14(11-18(15)27(2,25)26)21-19(24)9-13-6-4-5-7-16(13)20/h4-7,10-12H,3,8-9H2,1-2H3,(H,21,24). The van der Waals surface area contributed by atoms with Gasteiger partial charge in [0.25, 0.3) is 0 Å². The normalized spacial score (nSPS) is 11.7. The number of aromatic nitrogens is 2. The monoisotopic (exact) mass is 405 g/mol. The van der Waals surface area contributed by atoms with Crippen LogP contribution in [0, 0.1) is 0 Å². The third-order valence-corrected chi connectivity index (χ3v) is 5.58. The fourth-order valence-electron chi connectivity index (χ4n) is 2.88. The predicted molar refractivity (Wildman–Crippen MR) is 107 cm³/mol. The van der Waals surface area contributed by atoms with E-state index in [4.69, 9.17) is 11.6 Å². The van der Waals surface area contributed by atoms with Gasteiger partial charge < -0.3 is 5.32 Å². The van der Waals surface area contributed by atoms with Gasteiger partial charge in [-0.2, -0.15) is 5.10 Å². The van der Waals surface area contributed by atoms with Crippen molar-refractivity contribution in [1.29, 1.82) is 0 Å². The number of aryl methyl sites for hydroxylation is 1. The van der Waals surface area contributed by atoms with Crippen LogP contribution in [-0.4, -0.2) is 30.4 Å². The molecule has 1 aromatic heterocycles. The summed E-state index contributed by atoms with van der Waals surface area (Å²) in [7, 11) is -3.48. The fourth-order valence-corrected chi connectivity index (χ4v) is 3.98. The second-order valence-corrected chi connectivity index (χ2v) is 8.78. The van der Waals surface area contributed by atoms with Crippen LogP contribution in [0.3, 0.4) is 0 Å². The lowest BCUT2D eigenvalue weighted by molar-refractivity contribution is -0.115. The van der Waals surface area contributed by atoms with Crippen molar-refractivity contribution in [2.45, 2.75) is 31.2 Å². The Morgan fingerprint density at radius 1 is 1.26 bits per heavy atom. The van der Waals surface area contributed by atoms with Gasteiger partial charge in [0.2, 0.25) is 5.91 Å². The van der Waals surface area contributed by atoms with Crippen molar-refractivity contribution in [3.63, 3.8) is 0 Å². The number of carbonyl (C=O) groups excluding carboxylic acids is 1. The molecule has 142 valence electrons. The minimum atomic E-state index is -3.48. The molecule has 3 aromatic rings. The maximum absolute atomic E-state index is 12.4. The molecule has 27 heavy (non-hydrogen) atoms. The SMILES string of the molecule is CCCn1cc2c(S(C)(=O)=O)cc(NC(=O)Cc3ccccc3Cl)cc2n1. The van der Waals surface area contributed by atoms with Gasteiger partial charge in [-0.3, -0.25) is 9.48 Å². The van der Waals surface area contributed by atoms with Crippen LogP contribution in [0.15, 0.2) is 47.5 Å². The lowest BCUT2D eigenvalue weighted by Gasteiger charge is -2.09.